The van der Waals surface area contributed by atoms with Crippen molar-refractivity contribution in [2.45, 2.75) is 37.3 Å². The van der Waals surface area contributed by atoms with Crippen LogP contribution in [0.3, 0.4) is 0 Å². The lowest BCUT2D eigenvalue weighted by Crippen LogP contribution is -2.37. The predicted molar refractivity (Wildman–Crippen MR) is 202 cm³/mol. The third kappa shape index (κ3) is 10.4. The van der Waals surface area contributed by atoms with Crippen molar-refractivity contribution < 1.29 is 32.6 Å². The van der Waals surface area contributed by atoms with Gasteiger partial charge in [0.25, 0.3) is 5.91 Å². The monoisotopic (exact) mass is 772 g/mol. The first-order valence-electron chi connectivity index (χ1n) is 16.8. The number of hydrogen-bond donors (Lipinski definition) is 1. The number of methoxy groups -OCH3 is 1. The summed E-state index contributed by atoms with van der Waals surface area (Å²) in [6.45, 7) is 3.14. The second-order valence-electron chi connectivity index (χ2n) is 13.3. The van der Waals surface area contributed by atoms with Crippen molar-refractivity contribution in [2.24, 2.45) is 0 Å². The summed E-state index contributed by atoms with van der Waals surface area (Å²) in [5, 5.41) is 32.3. The lowest BCUT2D eigenvalue weighted by molar-refractivity contribution is -0.192. The molecule has 1 amide bonds. The molecule has 4 aromatic carbocycles. The number of carboxylic acid groups (broad SMARTS) is 1. The minimum Gasteiger partial charge on any atom is -0.628 e. The van der Waals surface area contributed by atoms with E-state index >= 15 is 0 Å². The lowest BCUT2D eigenvalue weighted by atomic mass is 9.87. The average molecular weight is 774 g/mol. The zero-order valence-electron chi connectivity index (χ0n) is 29.8. The summed E-state index contributed by atoms with van der Waals surface area (Å²) in [7, 11) is 6.64. The van der Waals surface area contributed by atoms with Crippen molar-refractivity contribution in [1.82, 2.24) is 14.4 Å². The van der Waals surface area contributed by atoms with Crippen LogP contribution in [0.1, 0.15) is 58.1 Å². The molecule has 4 aromatic rings. The number of halogens is 5. The fourth-order valence-electron chi connectivity index (χ4n) is 6.70. The van der Waals surface area contributed by atoms with Crippen molar-refractivity contribution in [3.8, 4) is 11.8 Å². The Kier molecular flexibility index (Phi) is 13.8. The zero-order chi connectivity index (χ0) is 39.1. The van der Waals surface area contributed by atoms with Gasteiger partial charge in [0.2, 0.25) is 0 Å². The normalized spacial score (nSPS) is 14.5. The summed E-state index contributed by atoms with van der Waals surface area (Å²) in [4.78, 5) is 27.2. The van der Waals surface area contributed by atoms with Crippen LogP contribution in [0, 0.1) is 16.5 Å². The molecule has 1 aliphatic rings. The van der Waals surface area contributed by atoms with E-state index in [0.29, 0.717) is 33.6 Å². The van der Waals surface area contributed by atoms with Gasteiger partial charge in [-0.25, -0.2) is 4.79 Å². The molecule has 0 saturated carbocycles. The van der Waals surface area contributed by atoms with Gasteiger partial charge in [0.15, 0.2) is 0 Å². The molecule has 0 radical (unpaired) electrons. The molecular formula is C39H41Cl2F3N4O5. The van der Waals surface area contributed by atoms with Gasteiger partial charge < -0.3 is 29.5 Å². The molecule has 1 saturated heterocycles. The third-order valence-electron chi connectivity index (χ3n) is 9.38. The lowest BCUT2D eigenvalue weighted by Gasteiger charge is -2.38. The highest BCUT2D eigenvalue weighted by molar-refractivity contribution is 6.42. The molecule has 14 heteroatoms. The van der Waals surface area contributed by atoms with Gasteiger partial charge in [-0.3, -0.25) is 4.79 Å². The first kappa shape index (κ1) is 41.4. The number of nitriles is 1. The number of hydroxylamine groups is 2. The Hall–Kier alpha value is -4.38. The molecule has 0 unspecified atom stereocenters. The van der Waals surface area contributed by atoms with Crippen LogP contribution in [0.5, 0.6) is 5.75 Å². The van der Waals surface area contributed by atoms with Crippen molar-refractivity contribution in [2.75, 3.05) is 54.4 Å². The molecule has 0 bridgehead atoms. The van der Waals surface area contributed by atoms with E-state index in [2.05, 4.69) is 17.0 Å². The summed E-state index contributed by atoms with van der Waals surface area (Å²) in [5.41, 5.74) is 3.70. The number of aliphatic carboxylic acids is 1. The van der Waals surface area contributed by atoms with Crippen molar-refractivity contribution >= 4 is 51.5 Å². The van der Waals surface area contributed by atoms with Crippen molar-refractivity contribution in [3.63, 3.8) is 0 Å². The standard InChI is InChI=1S/C37H40Cl2N4O3.C2HF3O2/c1-41(37(44)35-31-11-6-5-9-27(31)21-29(23-40)36(35)46-4)24-28(26-13-14-32(38)33(39)22-26)17-20-42-18-15-25(16-19-42)30-10-7-8-12-34(30)43(2,3)45;3-2(4,5)1(6)7/h5-14,21-22,25,28H,15-20,24H2,1-4H3;(H,6,7)/t28-;/m1./s1. The SMILES string of the molecule is COc1c(C#N)cc2ccccc2c1C(=O)N(C)C[C@@H](CCN1CCC(c2ccccc2[N+](C)(C)[O-])CC1)c1ccc(Cl)c(Cl)c1.O=C(O)C(F)(F)F. The number of carbonyl (C=O) groups excluding carboxylic acids is 1. The predicted octanol–water partition coefficient (Wildman–Crippen LogP) is 8.85. The maximum atomic E-state index is 14.1. The number of likely N-dealkylation sites (tertiary alicyclic amines) is 1. The summed E-state index contributed by atoms with van der Waals surface area (Å²) < 4.78 is 36.9. The van der Waals surface area contributed by atoms with E-state index < -0.39 is 16.8 Å². The summed E-state index contributed by atoms with van der Waals surface area (Å²) >= 11 is 12.7. The van der Waals surface area contributed by atoms with E-state index in [-0.39, 0.29) is 17.6 Å². The van der Waals surface area contributed by atoms with E-state index in [1.807, 2.05) is 54.6 Å². The van der Waals surface area contributed by atoms with E-state index in [1.165, 1.54) is 7.11 Å². The minimum atomic E-state index is -5.08. The number of carbonyl (C=O) groups is 2. The molecule has 1 N–H and O–H groups in total. The summed E-state index contributed by atoms with van der Waals surface area (Å²) in [5.74, 6) is -2.35. The number of quaternary nitrogens is 1. The number of amides is 1. The van der Waals surface area contributed by atoms with Gasteiger partial charge in [0.1, 0.15) is 17.5 Å². The van der Waals surface area contributed by atoms with E-state index in [1.54, 1.807) is 38.2 Å². The molecule has 1 fully saturated rings. The van der Waals surface area contributed by atoms with Gasteiger partial charge in [0.05, 0.1) is 42.4 Å². The number of likely N-dealkylation sites (N-methyl/N-ethyl adjacent to an activating group) is 1. The number of hydrogen-bond acceptors (Lipinski definition) is 6. The Morgan fingerprint density at radius 2 is 1.68 bits per heavy atom. The van der Waals surface area contributed by atoms with Crippen LogP contribution in [-0.4, -0.2) is 87.4 Å². The topological polar surface area (TPSA) is 117 Å². The maximum absolute atomic E-state index is 14.1. The van der Waals surface area contributed by atoms with Crippen LogP contribution in [0.4, 0.5) is 18.9 Å². The Morgan fingerprint density at radius 3 is 2.26 bits per heavy atom. The van der Waals surface area contributed by atoms with Crippen LogP contribution < -0.4 is 9.38 Å². The molecule has 53 heavy (non-hydrogen) atoms. The number of alkyl halides is 3. The van der Waals surface area contributed by atoms with Gasteiger partial charge >= 0.3 is 12.1 Å². The molecular weight excluding hydrogens is 732 g/mol. The molecule has 0 aliphatic carbocycles. The van der Waals surface area contributed by atoms with Gasteiger partial charge in [-0.05, 0) is 85.4 Å². The Morgan fingerprint density at radius 1 is 1.06 bits per heavy atom. The Labute approximate surface area is 316 Å². The van der Waals surface area contributed by atoms with Crippen LogP contribution in [0.2, 0.25) is 10.0 Å². The van der Waals surface area contributed by atoms with Crippen molar-refractivity contribution in [3.05, 3.63) is 110 Å². The fourth-order valence-corrected chi connectivity index (χ4v) is 7.01. The molecule has 282 valence electrons. The van der Waals surface area contributed by atoms with Crippen LogP contribution in [0.15, 0.2) is 72.8 Å². The molecule has 1 atom stereocenters. The molecule has 9 nitrogen and oxygen atoms in total. The second kappa shape index (κ2) is 17.6. The zero-order valence-corrected chi connectivity index (χ0v) is 31.3. The maximum Gasteiger partial charge on any atom is 0.490 e. The second-order valence-corrected chi connectivity index (χ2v) is 14.2. The van der Waals surface area contributed by atoms with Crippen LogP contribution >= 0.6 is 23.2 Å². The highest BCUT2D eigenvalue weighted by Crippen LogP contribution is 2.37. The minimum absolute atomic E-state index is 0.0165. The molecule has 1 aliphatic heterocycles. The summed E-state index contributed by atoms with van der Waals surface area (Å²) in [6, 6.07) is 25.2. The quantitative estimate of drug-likeness (QED) is 0.126. The van der Waals surface area contributed by atoms with E-state index in [4.69, 9.17) is 37.8 Å². The van der Waals surface area contributed by atoms with Gasteiger partial charge in [-0.2, -0.15) is 18.4 Å². The number of para-hydroxylation sites is 1. The number of benzene rings is 4. The fraction of sp³-hybridized carbons (Fsp3) is 0.359. The largest absolute Gasteiger partial charge is 0.628 e. The Bertz CT molecular complexity index is 1970. The van der Waals surface area contributed by atoms with E-state index in [9.17, 15) is 28.4 Å². The van der Waals surface area contributed by atoms with Crippen LogP contribution in [0.25, 0.3) is 10.8 Å². The Balaban J connectivity index is 0.000000815. The first-order valence-corrected chi connectivity index (χ1v) is 17.6. The van der Waals surface area contributed by atoms with Crippen LogP contribution in [-0.2, 0) is 4.79 Å². The number of rotatable bonds is 10. The summed E-state index contributed by atoms with van der Waals surface area (Å²) in [6.07, 6.45) is -2.32. The number of piperidine rings is 1. The highest BCUT2D eigenvalue weighted by atomic mass is 35.5. The van der Waals surface area contributed by atoms with Crippen molar-refractivity contribution in [1.29, 1.82) is 5.26 Å². The molecule has 1 heterocycles. The highest BCUT2D eigenvalue weighted by Gasteiger charge is 2.38. The number of ether oxygens (including phenoxy) is 1. The number of nitrogens with zero attached hydrogens (tertiary/aromatic N) is 4. The van der Waals surface area contributed by atoms with Gasteiger partial charge in [-0.1, -0.05) is 71.7 Å². The number of carboxylic acids is 1. The number of fused-ring (bicyclic) bond motifs is 1. The molecule has 0 spiro atoms. The molecule has 5 rings (SSSR count). The van der Waals surface area contributed by atoms with Gasteiger partial charge in [0, 0.05) is 25.1 Å². The average Bonchev–Trinajstić information content (AvgIpc) is 3.13. The molecule has 0 aromatic heterocycles. The first-order chi connectivity index (χ1) is 25.0. The van der Waals surface area contributed by atoms with E-state index in [0.717, 1.165) is 66.5 Å². The smallest absolute Gasteiger partial charge is 0.490 e. The van der Waals surface area contributed by atoms with Gasteiger partial charge in [-0.15, -0.1) is 0 Å². The third-order valence-corrected chi connectivity index (χ3v) is 10.1.